The van der Waals surface area contributed by atoms with Gasteiger partial charge in [0.15, 0.2) is 5.96 Å². The fraction of sp³-hybridized carbons (Fsp3) is 0.667. The number of aliphatic imine (C=N–C) groups is 1. The van der Waals surface area contributed by atoms with Crippen molar-refractivity contribution in [3.05, 3.63) is 23.9 Å². The van der Waals surface area contributed by atoms with Gasteiger partial charge in [0.1, 0.15) is 0 Å². The average molecular weight is 460 g/mol. The van der Waals surface area contributed by atoms with Crippen LogP contribution in [-0.2, 0) is 11.3 Å². The second-order valence-corrected chi connectivity index (χ2v) is 6.58. The van der Waals surface area contributed by atoms with Crippen molar-refractivity contribution in [3.8, 4) is 5.88 Å². The van der Waals surface area contributed by atoms with Gasteiger partial charge in [-0.3, -0.25) is 0 Å². The molecule has 1 N–H and O–H groups in total. The second-order valence-electron chi connectivity index (χ2n) is 6.58. The van der Waals surface area contributed by atoms with E-state index in [1.807, 2.05) is 19.1 Å². The number of pyridine rings is 1. The SMILES string of the molecule is CCNC(=NCc1ccnc(OCC)c1)N1CCC2(CCOC2)C1.I. The quantitative estimate of drug-likeness (QED) is 0.416. The lowest BCUT2D eigenvalue weighted by molar-refractivity contribution is 0.156. The highest BCUT2D eigenvalue weighted by Crippen LogP contribution is 2.38. The van der Waals surface area contributed by atoms with Crippen LogP contribution in [0.1, 0.15) is 32.3 Å². The number of aromatic nitrogens is 1. The number of hydrogen-bond acceptors (Lipinski definition) is 4. The van der Waals surface area contributed by atoms with E-state index in [9.17, 15) is 0 Å². The van der Waals surface area contributed by atoms with Crippen molar-refractivity contribution >= 4 is 29.9 Å². The van der Waals surface area contributed by atoms with Crippen molar-refractivity contribution in [2.75, 3.05) is 39.5 Å². The smallest absolute Gasteiger partial charge is 0.213 e. The maximum atomic E-state index is 5.63. The van der Waals surface area contributed by atoms with E-state index in [-0.39, 0.29) is 24.0 Å². The number of nitrogens with one attached hydrogen (secondary N) is 1. The zero-order chi connectivity index (χ0) is 16.8. The molecule has 2 saturated heterocycles. The summed E-state index contributed by atoms with van der Waals surface area (Å²) in [6, 6.07) is 3.96. The van der Waals surface area contributed by atoms with E-state index in [2.05, 4.69) is 22.1 Å². The molecule has 3 rings (SSSR count). The van der Waals surface area contributed by atoms with Crippen LogP contribution in [-0.4, -0.2) is 55.3 Å². The Bertz CT molecular complexity index is 576. The first-order valence-corrected chi connectivity index (χ1v) is 8.93. The lowest BCUT2D eigenvalue weighted by Crippen LogP contribution is -2.41. The summed E-state index contributed by atoms with van der Waals surface area (Å²) >= 11 is 0. The number of halogens is 1. The van der Waals surface area contributed by atoms with Crippen LogP contribution in [0.5, 0.6) is 5.88 Å². The van der Waals surface area contributed by atoms with Gasteiger partial charge in [0.2, 0.25) is 5.88 Å². The van der Waals surface area contributed by atoms with Crippen LogP contribution < -0.4 is 10.1 Å². The molecule has 0 saturated carbocycles. The molecule has 2 aliphatic rings. The molecule has 0 aromatic carbocycles. The van der Waals surface area contributed by atoms with Crippen molar-refractivity contribution in [2.45, 2.75) is 33.2 Å². The lowest BCUT2D eigenvalue weighted by Gasteiger charge is -2.25. The van der Waals surface area contributed by atoms with Crippen LogP contribution in [0.4, 0.5) is 0 Å². The van der Waals surface area contributed by atoms with Crippen molar-refractivity contribution in [2.24, 2.45) is 10.4 Å². The molecule has 2 fully saturated rings. The molecule has 1 atom stereocenters. The zero-order valence-corrected chi connectivity index (χ0v) is 17.5. The van der Waals surface area contributed by atoms with Gasteiger partial charge in [-0.15, -0.1) is 24.0 Å². The number of nitrogens with zero attached hydrogens (tertiary/aromatic N) is 3. The minimum absolute atomic E-state index is 0. The molecule has 1 spiro atoms. The summed E-state index contributed by atoms with van der Waals surface area (Å²) in [5.41, 5.74) is 1.46. The Morgan fingerprint density at radius 2 is 2.32 bits per heavy atom. The summed E-state index contributed by atoms with van der Waals surface area (Å²) < 4.78 is 11.1. The summed E-state index contributed by atoms with van der Waals surface area (Å²) in [5.74, 6) is 1.66. The Morgan fingerprint density at radius 1 is 1.44 bits per heavy atom. The van der Waals surface area contributed by atoms with E-state index < -0.39 is 0 Å². The maximum absolute atomic E-state index is 5.63. The van der Waals surface area contributed by atoms with Crippen molar-refractivity contribution in [3.63, 3.8) is 0 Å². The maximum Gasteiger partial charge on any atom is 0.213 e. The Morgan fingerprint density at radius 3 is 3.04 bits per heavy atom. The monoisotopic (exact) mass is 460 g/mol. The number of likely N-dealkylation sites (tertiary alicyclic amines) is 1. The van der Waals surface area contributed by atoms with Gasteiger partial charge < -0.3 is 19.7 Å². The Balaban J connectivity index is 0.00000225. The van der Waals surface area contributed by atoms with E-state index in [0.717, 1.165) is 44.4 Å². The molecule has 6 nitrogen and oxygen atoms in total. The first kappa shape index (κ1) is 20.2. The Kier molecular flexibility index (Phi) is 7.74. The van der Waals surface area contributed by atoms with E-state index in [0.29, 0.717) is 24.4 Å². The minimum Gasteiger partial charge on any atom is -0.478 e. The van der Waals surface area contributed by atoms with E-state index in [1.165, 1.54) is 12.8 Å². The van der Waals surface area contributed by atoms with Crippen LogP contribution >= 0.6 is 24.0 Å². The first-order chi connectivity index (χ1) is 11.7. The van der Waals surface area contributed by atoms with Crippen LogP contribution in [0.15, 0.2) is 23.3 Å². The third-order valence-electron chi connectivity index (χ3n) is 4.76. The molecule has 0 amide bonds. The number of ether oxygens (including phenoxy) is 2. The summed E-state index contributed by atoms with van der Waals surface area (Å²) in [6.07, 6.45) is 4.15. The van der Waals surface area contributed by atoms with Gasteiger partial charge in [-0.25, -0.2) is 9.98 Å². The predicted molar refractivity (Wildman–Crippen MR) is 110 cm³/mol. The highest BCUT2D eigenvalue weighted by atomic mass is 127. The van der Waals surface area contributed by atoms with Gasteiger partial charge in [0.05, 0.1) is 19.8 Å². The molecule has 0 aliphatic carbocycles. The van der Waals surface area contributed by atoms with Gasteiger partial charge in [-0.05, 0) is 38.3 Å². The molecule has 1 unspecified atom stereocenters. The predicted octanol–water partition coefficient (Wildman–Crippen LogP) is 2.68. The van der Waals surface area contributed by atoms with Crippen molar-refractivity contribution < 1.29 is 9.47 Å². The summed E-state index contributed by atoms with van der Waals surface area (Å²) in [6.45, 7) is 10.1. The van der Waals surface area contributed by atoms with Crippen LogP contribution in [0, 0.1) is 5.41 Å². The van der Waals surface area contributed by atoms with E-state index >= 15 is 0 Å². The summed E-state index contributed by atoms with van der Waals surface area (Å²) in [7, 11) is 0. The summed E-state index contributed by atoms with van der Waals surface area (Å²) in [4.78, 5) is 11.4. The molecule has 7 heteroatoms. The zero-order valence-electron chi connectivity index (χ0n) is 15.2. The number of hydrogen-bond donors (Lipinski definition) is 1. The fourth-order valence-corrected chi connectivity index (χ4v) is 3.45. The fourth-order valence-electron chi connectivity index (χ4n) is 3.45. The molecule has 3 heterocycles. The van der Waals surface area contributed by atoms with Gasteiger partial charge in [0.25, 0.3) is 0 Å². The van der Waals surface area contributed by atoms with E-state index in [1.54, 1.807) is 6.20 Å². The second kappa shape index (κ2) is 9.56. The first-order valence-electron chi connectivity index (χ1n) is 8.93. The largest absolute Gasteiger partial charge is 0.478 e. The number of rotatable bonds is 5. The number of guanidine groups is 1. The van der Waals surface area contributed by atoms with Crippen molar-refractivity contribution in [1.29, 1.82) is 0 Å². The van der Waals surface area contributed by atoms with Gasteiger partial charge >= 0.3 is 0 Å². The molecule has 0 bridgehead atoms. The topological polar surface area (TPSA) is 59.0 Å². The molecule has 1 aromatic heterocycles. The van der Waals surface area contributed by atoms with Gasteiger partial charge in [-0.2, -0.15) is 0 Å². The normalized spacial score (nSPS) is 23.0. The average Bonchev–Trinajstić information content (AvgIpc) is 3.22. The molecule has 140 valence electrons. The molecule has 0 radical (unpaired) electrons. The minimum atomic E-state index is 0. The molecule has 2 aliphatic heterocycles. The molecule has 1 aromatic rings. The third kappa shape index (κ3) is 5.20. The van der Waals surface area contributed by atoms with Gasteiger partial charge in [0, 0.05) is 43.9 Å². The lowest BCUT2D eigenvalue weighted by atomic mass is 9.87. The summed E-state index contributed by atoms with van der Waals surface area (Å²) in [5, 5.41) is 3.43. The molecule has 25 heavy (non-hydrogen) atoms. The van der Waals surface area contributed by atoms with Crippen LogP contribution in [0.3, 0.4) is 0 Å². The van der Waals surface area contributed by atoms with Gasteiger partial charge in [-0.1, -0.05) is 0 Å². The molecular weight excluding hydrogens is 431 g/mol. The molecular formula is C18H29IN4O2. The van der Waals surface area contributed by atoms with Crippen LogP contribution in [0.2, 0.25) is 0 Å². The highest BCUT2D eigenvalue weighted by molar-refractivity contribution is 14.0. The Labute approximate surface area is 167 Å². The standard InChI is InChI=1S/C18H28N4O2.HI/c1-3-19-17(22-9-6-18(13-22)7-10-23-14-18)21-12-15-5-8-20-16(11-15)24-4-2;/h5,8,11H,3-4,6-7,9-10,12-14H2,1-2H3,(H,19,21);1H. The van der Waals surface area contributed by atoms with Crippen molar-refractivity contribution in [1.82, 2.24) is 15.2 Å². The van der Waals surface area contributed by atoms with Crippen LogP contribution in [0.25, 0.3) is 0 Å². The van der Waals surface area contributed by atoms with E-state index in [4.69, 9.17) is 14.5 Å². The Hall–Kier alpha value is -1.09. The highest BCUT2D eigenvalue weighted by Gasteiger charge is 2.42. The third-order valence-corrected chi connectivity index (χ3v) is 4.76.